The van der Waals surface area contributed by atoms with Gasteiger partial charge in [0, 0.05) is 18.0 Å². The van der Waals surface area contributed by atoms with Gasteiger partial charge in [0.1, 0.15) is 0 Å². The summed E-state index contributed by atoms with van der Waals surface area (Å²) in [6.45, 7) is 3.50. The summed E-state index contributed by atoms with van der Waals surface area (Å²) in [5, 5.41) is 10.7. The summed E-state index contributed by atoms with van der Waals surface area (Å²) >= 11 is 0. The van der Waals surface area contributed by atoms with Crippen molar-refractivity contribution in [2.24, 2.45) is 11.7 Å². The summed E-state index contributed by atoms with van der Waals surface area (Å²) in [4.78, 5) is 2.64. The number of aliphatic hydroxyl groups is 1. The average molecular weight is 314 g/mol. The van der Waals surface area contributed by atoms with E-state index in [9.17, 15) is 5.11 Å². The smallest absolute Gasteiger partial charge is 0.0678 e. The maximum atomic E-state index is 10.7. The molecular weight excluding hydrogens is 284 g/mol. The van der Waals surface area contributed by atoms with Crippen molar-refractivity contribution in [1.82, 2.24) is 4.90 Å². The van der Waals surface area contributed by atoms with E-state index in [1.807, 2.05) is 0 Å². The molecule has 1 heterocycles. The van der Waals surface area contributed by atoms with Crippen molar-refractivity contribution in [2.45, 2.75) is 62.5 Å². The molecule has 3 N–H and O–H groups in total. The van der Waals surface area contributed by atoms with Gasteiger partial charge in [0.2, 0.25) is 0 Å². The molecule has 0 radical (unpaired) electrons. The Morgan fingerprint density at radius 3 is 2.52 bits per heavy atom. The minimum absolute atomic E-state index is 0.0298. The van der Waals surface area contributed by atoms with E-state index in [-0.39, 0.29) is 11.5 Å². The molecule has 4 rings (SSSR count). The van der Waals surface area contributed by atoms with Crippen molar-refractivity contribution < 1.29 is 5.11 Å². The molecule has 1 aliphatic heterocycles. The number of benzene rings is 1. The molecule has 2 fully saturated rings. The van der Waals surface area contributed by atoms with Crippen LogP contribution in [0.25, 0.3) is 0 Å². The number of hydrogen-bond acceptors (Lipinski definition) is 3. The van der Waals surface area contributed by atoms with Crippen LogP contribution in [0.3, 0.4) is 0 Å². The Kier molecular flexibility index (Phi) is 4.21. The van der Waals surface area contributed by atoms with Gasteiger partial charge in [-0.1, -0.05) is 24.3 Å². The molecule has 3 aliphatic rings. The average Bonchev–Trinajstić information content (AvgIpc) is 2.84. The van der Waals surface area contributed by atoms with Crippen LogP contribution in [0.5, 0.6) is 0 Å². The van der Waals surface area contributed by atoms with Gasteiger partial charge >= 0.3 is 0 Å². The zero-order chi connectivity index (χ0) is 15.9. The minimum atomic E-state index is -0.185. The van der Waals surface area contributed by atoms with Gasteiger partial charge in [-0.15, -0.1) is 0 Å². The quantitative estimate of drug-likeness (QED) is 0.881. The summed E-state index contributed by atoms with van der Waals surface area (Å²) in [6.07, 6.45) is 7.88. The molecule has 1 saturated carbocycles. The minimum Gasteiger partial charge on any atom is -0.392 e. The highest BCUT2D eigenvalue weighted by molar-refractivity contribution is 5.42. The lowest BCUT2D eigenvalue weighted by Crippen LogP contribution is -2.48. The second-order valence-corrected chi connectivity index (χ2v) is 8.11. The van der Waals surface area contributed by atoms with E-state index in [1.165, 1.54) is 43.4 Å². The lowest BCUT2D eigenvalue weighted by Gasteiger charge is -2.43. The summed E-state index contributed by atoms with van der Waals surface area (Å²) in [7, 11) is 0. The Bertz CT molecular complexity index is 542. The van der Waals surface area contributed by atoms with E-state index in [0.29, 0.717) is 6.04 Å². The number of nitrogens with zero attached hydrogens (tertiary/aromatic N) is 1. The van der Waals surface area contributed by atoms with Crippen molar-refractivity contribution in [2.75, 3.05) is 19.6 Å². The molecular formula is C20H30N2O. The zero-order valence-electron chi connectivity index (χ0n) is 14.1. The number of fused-ring (bicyclic) bond motifs is 2. The fourth-order valence-corrected chi connectivity index (χ4v) is 5.24. The Morgan fingerprint density at radius 2 is 1.78 bits per heavy atom. The molecule has 1 spiro atoms. The van der Waals surface area contributed by atoms with Crippen LogP contribution in [-0.2, 0) is 11.8 Å². The maximum Gasteiger partial charge on any atom is 0.0678 e. The van der Waals surface area contributed by atoms with E-state index >= 15 is 0 Å². The third-order valence-electron chi connectivity index (χ3n) is 6.76. The topological polar surface area (TPSA) is 49.5 Å². The Labute approximate surface area is 139 Å². The van der Waals surface area contributed by atoms with Crippen LogP contribution in [0.1, 0.15) is 49.7 Å². The number of nitrogens with two attached hydrogens (primary N) is 1. The first-order chi connectivity index (χ1) is 11.2. The zero-order valence-corrected chi connectivity index (χ0v) is 14.1. The number of piperidine rings is 1. The largest absolute Gasteiger partial charge is 0.392 e. The summed E-state index contributed by atoms with van der Waals surface area (Å²) in [5.41, 5.74) is 8.85. The molecule has 3 heteroatoms. The fourth-order valence-electron chi connectivity index (χ4n) is 5.24. The van der Waals surface area contributed by atoms with Crippen molar-refractivity contribution in [3.63, 3.8) is 0 Å². The van der Waals surface area contributed by atoms with Crippen LogP contribution < -0.4 is 5.73 Å². The predicted molar refractivity (Wildman–Crippen MR) is 93.4 cm³/mol. The van der Waals surface area contributed by atoms with Gasteiger partial charge in [0.25, 0.3) is 0 Å². The number of hydrogen-bond donors (Lipinski definition) is 2. The van der Waals surface area contributed by atoms with Crippen LogP contribution in [-0.4, -0.2) is 41.8 Å². The highest BCUT2D eigenvalue weighted by Gasteiger charge is 2.47. The van der Waals surface area contributed by atoms with Crippen molar-refractivity contribution in [1.29, 1.82) is 0 Å². The Hall–Kier alpha value is -0.900. The van der Waals surface area contributed by atoms with E-state index < -0.39 is 0 Å². The first-order valence-electron chi connectivity index (χ1n) is 9.42. The molecule has 0 aromatic heterocycles. The van der Waals surface area contributed by atoms with Gasteiger partial charge < -0.3 is 15.7 Å². The highest BCUT2D eigenvalue weighted by Crippen LogP contribution is 2.46. The van der Waals surface area contributed by atoms with Gasteiger partial charge in [-0.25, -0.2) is 0 Å². The number of likely N-dealkylation sites (tertiary alicyclic amines) is 1. The molecule has 3 nitrogen and oxygen atoms in total. The van der Waals surface area contributed by atoms with E-state index in [2.05, 4.69) is 29.2 Å². The molecule has 0 unspecified atom stereocenters. The molecule has 23 heavy (non-hydrogen) atoms. The Morgan fingerprint density at radius 1 is 1.09 bits per heavy atom. The molecule has 1 aromatic rings. The Balaban J connectivity index is 1.39. The third kappa shape index (κ3) is 2.84. The second kappa shape index (κ2) is 6.19. The van der Waals surface area contributed by atoms with Gasteiger partial charge in [0.15, 0.2) is 0 Å². The van der Waals surface area contributed by atoms with Gasteiger partial charge in [0.05, 0.1) is 6.10 Å². The summed E-state index contributed by atoms with van der Waals surface area (Å²) < 4.78 is 0. The van der Waals surface area contributed by atoms with E-state index in [0.717, 1.165) is 38.3 Å². The lowest BCUT2D eigenvalue weighted by atomic mass is 9.72. The maximum absolute atomic E-state index is 10.7. The highest BCUT2D eigenvalue weighted by atomic mass is 16.3. The monoisotopic (exact) mass is 314 g/mol. The molecule has 2 aliphatic carbocycles. The van der Waals surface area contributed by atoms with E-state index in [1.54, 1.807) is 0 Å². The second-order valence-electron chi connectivity index (χ2n) is 8.11. The van der Waals surface area contributed by atoms with Gasteiger partial charge in [-0.3, -0.25) is 0 Å². The molecule has 0 bridgehead atoms. The molecule has 0 amide bonds. The van der Waals surface area contributed by atoms with Gasteiger partial charge in [-0.05, 0) is 75.1 Å². The van der Waals surface area contributed by atoms with Crippen LogP contribution in [0, 0.1) is 5.92 Å². The molecule has 1 atom stereocenters. The van der Waals surface area contributed by atoms with Crippen LogP contribution >= 0.6 is 0 Å². The van der Waals surface area contributed by atoms with Crippen LogP contribution in [0.15, 0.2) is 24.3 Å². The summed E-state index contributed by atoms with van der Waals surface area (Å²) in [6, 6.07) is 9.14. The van der Waals surface area contributed by atoms with Crippen LogP contribution in [0.4, 0.5) is 0 Å². The van der Waals surface area contributed by atoms with E-state index in [4.69, 9.17) is 5.73 Å². The van der Waals surface area contributed by atoms with Crippen molar-refractivity contribution in [3.8, 4) is 0 Å². The number of rotatable bonds is 2. The van der Waals surface area contributed by atoms with Crippen LogP contribution in [0.2, 0.25) is 0 Å². The predicted octanol–water partition coefficient (Wildman–Crippen LogP) is 2.45. The fraction of sp³-hybridized carbons (Fsp3) is 0.700. The summed E-state index contributed by atoms with van der Waals surface area (Å²) in [5.74, 6) is 0.838. The standard InChI is InChI=1S/C20H30N2O/c21-17-7-5-15(6-8-17)14-22-11-9-20(10-12-22)18-4-2-1-3-16(18)13-19(20)23/h1-4,15,17,19,23H,5-14,21H2/t15?,17?,19-/m1/s1. The SMILES string of the molecule is NC1CCC(CN2CCC3(CC2)c2ccccc2C[C@H]3O)CC1. The van der Waals surface area contributed by atoms with Crippen molar-refractivity contribution in [3.05, 3.63) is 35.4 Å². The molecule has 1 saturated heterocycles. The first-order valence-corrected chi connectivity index (χ1v) is 9.42. The normalized spacial score (nSPS) is 33.7. The van der Waals surface area contributed by atoms with Crippen molar-refractivity contribution >= 4 is 0 Å². The lowest BCUT2D eigenvalue weighted by molar-refractivity contribution is 0.0371. The number of aliphatic hydroxyl groups excluding tert-OH is 1. The third-order valence-corrected chi connectivity index (χ3v) is 6.76. The molecule has 126 valence electrons. The van der Waals surface area contributed by atoms with Gasteiger partial charge in [-0.2, -0.15) is 0 Å². The first kappa shape index (κ1) is 15.6. The molecule has 1 aromatic carbocycles.